The molecule has 6 aromatic rings. The summed E-state index contributed by atoms with van der Waals surface area (Å²) < 4.78 is 19.1. The zero-order valence-corrected chi connectivity index (χ0v) is 20.8. The summed E-state index contributed by atoms with van der Waals surface area (Å²) in [5, 5.41) is 0.970. The highest BCUT2D eigenvalue weighted by Crippen LogP contribution is 2.43. The van der Waals surface area contributed by atoms with Crippen LogP contribution in [-0.4, -0.2) is 35.7 Å². The fourth-order valence-corrected chi connectivity index (χ4v) is 4.79. The molecule has 0 aliphatic rings. The third-order valence-corrected chi connectivity index (χ3v) is 6.48. The van der Waals surface area contributed by atoms with E-state index >= 15 is 0 Å². The Morgan fingerprint density at radius 1 is 0.595 bits per heavy atom. The normalized spacial score (nSPS) is 11.1. The molecule has 6 heteroatoms. The molecule has 0 aliphatic heterocycles. The first-order chi connectivity index (χ1) is 18.2. The summed E-state index contributed by atoms with van der Waals surface area (Å²) >= 11 is 0. The summed E-state index contributed by atoms with van der Waals surface area (Å²) in [5.74, 6) is 2.38. The summed E-state index contributed by atoms with van der Waals surface area (Å²) in [5.41, 5.74) is 6.42. The molecular weight excluding hydrogens is 462 g/mol. The molecule has 4 aromatic carbocycles. The largest absolute Gasteiger partial charge is 0.493 e. The highest BCUT2D eigenvalue weighted by atomic mass is 16.5. The molecule has 6 nitrogen and oxygen atoms in total. The lowest BCUT2D eigenvalue weighted by Crippen LogP contribution is -2.02. The Hall–Kier alpha value is -4.84. The topological polar surface area (TPSA) is 57.9 Å². The van der Waals surface area contributed by atoms with Crippen molar-refractivity contribution in [1.82, 2.24) is 14.4 Å². The summed E-state index contributed by atoms with van der Waals surface area (Å²) in [7, 11) is 4.83. The molecule has 0 spiro atoms. The monoisotopic (exact) mass is 487 g/mol. The zero-order chi connectivity index (χ0) is 25.4. The van der Waals surface area contributed by atoms with Gasteiger partial charge in [0.1, 0.15) is 11.5 Å². The molecule has 0 saturated heterocycles. The van der Waals surface area contributed by atoms with Gasteiger partial charge in [0.05, 0.1) is 38.2 Å². The molecule has 0 aliphatic carbocycles. The van der Waals surface area contributed by atoms with Crippen molar-refractivity contribution in [3.8, 4) is 51.2 Å². The number of benzene rings is 4. The lowest BCUT2D eigenvalue weighted by Gasteiger charge is -2.16. The minimum absolute atomic E-state index is 0.532. The predicted molar refractivity (Wildman–Crippen MR) is 146 cm³/mol. The van der Waals surface area contributed by atoms with Gasteiger partial charge in [0.2, 0.25) is 5.75 Å². The van der Waals surface area contributed by atoms with Gasteiger partial charge in [-0.05, 0) is 24.3 Å². The van der Waals surface area contributed by atoms with Crippen LogP contribution < -0.4 is 14.2 Å². The highest BCUT2D eigenvalue weighted by molar-refractivity contribution is 5.97. The van der Waals surface area contributed by atoms with Crippen LogP contribution in [-0.2, 0) is 0 Å². The van der Waals surface area contributed by atoms with Gasteiger partial charge in [-0.25, -0.2) is 9.97 Å². The molecule has 0 amide bonds. The van der Waals surface area contributed by atoms with Crippen molar-refractivity contribution in [2.45, 2.75) is 0 Å². The molecule has 0 saturated carbocycles. The number of ether oxygens (including phenoxy) is 3. The number of hydrogen-bond donors (Lipinski definition) is 0. The van der Waals surface area contributed by atoms with Gasteiger partial charge in [-0.3, -0.25) is 4.40 Å². The van der Waals surface area contributed by atoms with Crippen LogP contribution >= 0.6 is 0 Å². The standard InChI is InChI=1S/C31H25N3O3/c1-35-25-18-22(19-26(36-2)29(25)37-3)30-32-24-17-11-10-16-23(24)31-33-27(20-12-6-4-7-13-20)28(34(30)31)21-14-8-5-9-15-21/h4-19H,1-3H3. The quantitative estimate of drug-likeness (QED) is 0.256. The van der Waals surface area contributed by atoms with E-state index in [9.17, 15) is 0 Å². The van der Waals surface area contributed by atoms with Gasteiger partial charge in [-0.1, -0.05) is 72.8 Å². The van der Waals surface area contributed by atoms with Crippen molar-refractivity contribution in [3.05, 3.63) is 97.1 Å². The Balaban J connectivity index is 1.79. The lowest BCUT2D eigenvalue weighted by atomic mass is 10.0. The van der Waals surface area contributed by atoms with Gasteiger partial charge >= 0.3 is 0 Å². The van der Waals surface area contributed by atoms with E-state index in [1.165, 1.54) is 0 Å². The number of fused-ring (bicyclic) bond motifs is 3. The zero-order valence-electron chi connectivity index (χ0n) is 20.8. The van der Waals surface area contributed by atoms with E-state index in [2.05, 4.69) is 34.7 Å². The Morgan fingerprint density at radius 3 is 1.81 bits per heavy atom. The van der Waals surface area contributed by atoms with Crippen molar-refractivity contribution in [2.75, 3.05) is 21.3 Å². The molecule has 182 valence electrons. The maximum atomic E-state index is 5.67. The number of aromatic nitrogens is 3. The lowest BCUT2D eigenvalue weighted by molar-refractivity contribution is 0.324. The molecule has 6 rings (SSSR count). The second-order valence-corrected chi connectivity index (χ2v) is 8.57. The molecule has 0 fully saturated rings. The SMILES string of the molecule is COc1cc(-c2nc3ccccc3c3nc(-c4ccccc4)c(-c4ccccc4)n23)cc(OC)c1OC. The first-order valence-electron chi connectivity index (χ1n) is 12.0. The molecule has 0 N–H and O–H groups in total. The first-order valence-corrected chi connectivity index (χ1v) is 12.0. The van der Waals surface area contributed by atoms with Gasteiger partial charge in [-0.2, -0.15) is 0 Å². The minimum Gasteiger partial charge on any atom is -0.493 e. The fraction of sp³-hybridized carbons (Fsp3) is 0.0968. The third-order valence-electron chi connectivity index (χ3n) is 6.48. The van der Waals surface area contributed by atoms with E-state index in [1.807, 2.05) is 66.7 Å². The Bertz CT molecular complexity index is 1700. The summed E-state index contributed by atoms with van der Waals surface area (Å²) in [6, 6.07) is 32.5. The molecule has 0 unspecified atom stereocenters. The Kier molecular flexibility index (Phi) is 5.69. The van der Waals surface area contributed by atoms with Crippen LogP contribution in [0.1, 0.15) is 0 Å². The van der Waals surface area contributed by atoms with Gasteiger partial charge < -0.3 is 14.2 Å². The fourth-order valence-electron chi connectivity index (χ4n) is 4.79. The molecule has 0 atom stereocenters. The van der Waals surface area contributed by atoms with E-state index in [0.717, 1.165) is 50.5 Å². The predicted octanol–water partition coefficient (Wildman–Crippen LogP) is 6.91. The maximum Gasteiger partial charge on any atom is 0.203 e. The van der Waals surface area contributed by atoms with Crippen molar-refractivity contribution < 1.29 is 14.2 Å². The minimum atomic E-state index is 0.532. The van der Waals surface area contributed by atoms with E-state index in [-0.39, 0.29) is 0 Å². The number of methoxy groups -OCH3 is 3. The highest BCUT2D eigenvalue weighted by Gasteiger charge is 2.23. The van der Waals surface area contributed by atoms with E-state index in [4.69, 9.17) is 24.2 Å². The van der Waals surface area contributed by atoms with Crippen molar-refractivity contribution in [1.29, 1.82) is 0 Å². The van der Waals surface area contributed by atoms with Gasteiger partial charge in [0.25, 0.3) is 0 Å². The van der Waals surface area contributed by atoms with Gasteiger partial charge in [0, 0.05) is 22.1 Å². The number of hydrogen-bond acceptors (Lipinski definition) is 5. The third kappa shape index (κ3) is 3.74. The Labute approximate surface area is 214 Å². The van der Waals surface area contributed by atoms with Crippen LogP contribution in [0.2, 0.25) is 0 Å². The van der Waals surface area contributed by atoms with E-state index < -0.39 is 0 Å². The van der Waals surface area contributed by atoms with Crippen LogP contribution in [0, 0.1) is 0 Å². The molecule has 2 heterocycles. The van der Waals surface area contributed by atoms with Crippen molar-refractivity contribution in [3.63, 3.8) is 0 Å². The van der Waals surface area contributed by atoms with Crippen LogP contribution in [0.3, 0.4) is 0 Å². The number of nitrogens with zero attached hydrogens (tertiary/aromatic N) is 3. The average Bonchev–Trinajstić information content (AvgIpc) is 3.38. The van der Waals surface area contributed by atoms with Gasteiger partial charge in [-0.15, -0.1) is 0 Å². The number of imidazole rings is 1. The summed E-state index contributed by atoms with van der Waals surface area (Å²) in [4.78, 5) is 10.4. The van der Waals surface area contributed by atoms with Gasteiger partial charge in [0.15, 0.2) is 11.5 Å². The van der Waals surface area contributed by atoms with E-state index in [1.54, 1.807) is 21.3 Å². The van der Waals surface area contributed by atoms with Crippen molar-refractivity contribution >= 4 is 16.6 Å². The first kappa shape index (κ1) is 22.6. The second kappa shape index (κ2) is 9.32. The molecule has 0 bridgehead atoms. The van der Waals surface area contributed by atoms with Crippen molar-refractivity contribution in [2.24, 2.45) is 0 Å². The molecule has 37 heavy (non-hydrogen) atoms. The van der Waals surface area contributed by atoms with Crippen LogP contribution in [0.15, 0.2) is 97.1 Å². The molecule has 2 aromatic heterocycles. The molecule has 0 radical (unpaired) electrons. The van der Waals surface area contributed by atoms with Crippen LogP contribution in [0.25, 0.3) is 50.5 Å². The Morgan fingerprint density at radius 2 is 1.19 bits per heavy atom. The number of para-hydroxylation sites is 1. The average molecular weight is 488 g/mol. The summed E-state index contributed by atoms with van der Waals surface area (Å²) in [6.07, 6.45) is 0. The molecular formula is C31H25N3O3. The van der Waals surface area contributed by atoms with E-state index in [0.29, 0.717) is 17.2 Å². The smallest absolute Gasteiger partial charge is 0.203 e. The van der Waals surface area contributed by atoms with Crippen LogP contribution in [0.4, 0.5) is 0 Å². The van der Waals surface area contributed by atoms with Crippen LogP contribution in [0.5, 0.6) is 17.2 Å². The summed E-state index contributed by atoms with van der Waals surface area (Å²) in [6.45, 7) is 0. The second-order valence-electron chi connectivity index (χ2n) is 8.57. The maximum absolute atomic E-state index is 5.67. The number of rotatable bonds is 6.